The number of rotatable bonds is 0. The van der Waals surface area contributed by atoms with E-state index in [1.54, 1.807) is 5.56 Å². The first-order valence-electron chi connectivity index (χ1n) is 5.87. The van der Waals surface area contributed by atoms with Gasteiger partial charge in [0.15, 0.2) is 0 Å². The second kappa shape index (κ2) is 3.13. The van der Waals surface area contributed by atoms with Crippen molar-refractivity contribution in [2.75, 3.05) is 0 Å². The molecule has 1 heteroatoms. The van der Waals surface area contributed by atoms with Crippen molar-refractivity contribution in [3.05, 3.63) is 34.5 Å². The molecule has 1 N–H and O–H groups in total. The fraction of sp³-hybridized carbons (Fsp3) is 0.429. The molecule has 0 unspecified atom stereocenters. The van der Waals surface area contributed by atoms with Crippen LogP contribution in [0.1, 0.15) is 35.2 Å². The Morgan fingerprint density at radius 3 is 2.60 bits per heavy atom. The summed E-state index contributed by atoms with van der Waals surface area (Å²) in [7, 11) is 0. The number of hydrogen-bond acceptors (Lipinski definition) is 0. The van der Waals surface area contributed by atoms with Crippen molar-refractivity contribution in [2.45, 2.75) is 39.5 Å². The highest BCUT2D eigenvalue weighted by Crippen LogP contribution is 2.32. The Hall–Kier alpha value is -1.24. The lowest BCUT2D eigenvalue weighted by molar-refractivity contribution is 0.680. The first-order chi connectivity index (χ1) is 7.27. The first-order valence-corrected chi connectivity index (χ1v) is 5.87. The normalized spacial score (nSPS) is 15.6. The van der Waals surface area contributed by atoms with Crippen molar-refractivity contribution in [2.24, 2.45) is 0 Å². The molecule has 2 aromatic rings. The number of aromatic nitrogens is 1. The van der Waals surface area contributed by atoms with Crippen molar-refractivity contribution >= 4 is 10.9 Å². The molecule has 78 valence electrons. The molecule has 0 atom stereocenters. The molecule has 0 aliphatic heterocycles. The van der Waals surface area contributed by atoms with Gasteiger partial charge in [-0.2, -0.15) is 0 Å². The van der Waals surface area contributed by atoms with Crippen LogP contribution in [-0.4, -0.2) is 4.98 Å². The van der Waals surface area contributed by atoms with Crippen LogP contribution in [0.3, 0.4) is 0 Å². The minimum atomic E-state index is 1.24. The summed E-state index contributed by atoms with van der Waals surface area (Å²) >= 11 is 0. The Morgan fingerprint density at radius 1 is 1.00 bits per heavy atom. The SMILES string of the molecule is Cc1ccc(C)c2c3c([nH]c12)CCCC3. The molecule has 0 bridgehead atoms. The molecule has 0 spiro atoms. The van der Waals surface area contributed by atoms with Gasteiger partial charge in [-0.15, -0.1) is 0 Å². The van der Waals surface area contributed by atoms with Crippen molar-refractivity contribution < 1.29 is 0 Å². The van der Waals surface area contributed by atoms with E-state index in [9.17, 15) is 0 Å². The van der Waals surface area contributed by atoms with Gasteiger partial charge >= 0.3 is 0 Å². The summed E-state index contributed by atoms with van der Waals surface area (Å²) in [6, 6.07) is 4.47. The molecule has 1 heterocycles. The zero-order chi connectivity index (χ0) is 10.4. The van der Waals surface area contributed by atoms with Gasteiger partial charge in [0.1, 0.15) is 0 Å². The van der Waals surface area contributed by atoms with Gasteiger partial charge in [-0.25, -0.2) is 0 Å². The molecule has 0 saturated heterocycles. The molecule has 0 saturated carbocycles. The Kier molecular flexibility index (Phi) is 1.88. The highest BCUT2D eigenvalue weighted by atomic mass is 14.7. The molecule has 1 aromatic heterocycles. The number of hydrogen-bond donors (Lipinski definition) is 1. The first kappa shape index (κ1) is 9.02. The zero-order valence-corrected chi connectivity index (χ0v) is 9.48. The maximum Gasteiger partial charge on any atom is 0.0491 e. The van der Waals surface area contributed by atoms with E-state index in [2.05, 4.69) is 31.0 Å². The van der Waals surface area contributed by atoms with E-state index in [0.29, 0.717) is 0 Å². The maximum absolute atomic E-state index is 3.63. The number of H-pyrrole nitrogens is 1. The van der Waals surface area contributed by atoms with Crippen LogP contribution in [0.25, 0.3) is 10.9 Å². The molecular formula is C14H17N. The van der Waals surface area contributed by atoms with Gasteiger partial charge in [0.05, 0.1) is 0 Å². The minimum absolute atomic E-state index is 1.24. The molecule has 1 aliphatic rings. The van der Waals surface area contributed by atoms with E-state index in [0.717, 1.165) is 0 Å². The smallest absolute Gasteiger partial charge is 0.0491 e. The van der Waals surface area contributed by atoms with E-state index in [-0.39, 0.29) is 0 Å². The lowest BCUT2D eigenvalue weighted by Gasteiger charge is -2.11. The van der Waals surface area contributed by atoms with Crippen molar-refractivity contribution in [3.63, 3.8) is 0 Å². The van der Waals surface area contributed by atoms with Crippen LogP contribution in [0.4, 0.5) is 0 Å². The van der Waals surface area contributed by atoms with Gasteiger partial charge in [0.2, 0.25) is 0 Å². The molecule has 0 fully saturated rings. The maximum atomic E-state index is 3.63. The zero-order valence-electron chi connectivity index (χ0n) is 9.48. The Balaban J connectivity index is 2.41. The lowest BCUT2D eigenvalue weighted by Crippen LogP contribution is -2.00. The number of fused-ring (bicyclic) bond motifs is 3. The van der Waals surface area contributed by atoms with Crippen LogP contribution < -0.4 is 0 Å². The summed E-state index contributed by atoms with van der Waals surface area (Å²) in [6.07, 6.45) is 5.20. The van der Waals surface area contributed by atoms with E-state index >= 15 is 0 Å². The van der Waals surface area contributed by atoms with E-state index in [1.165, 1.54) is 53.4 Å². The summed E-state index contributed by atoms with van der Waals surface area (Å²) in [6.45, 7) is 4.42. The third-order valence-electron chi connectivity index (χ3n) is 3.67. The second-order valence-electron chi connectivity index (χ2n) is 4.74. The third kappa shape index (κ3) is 1.22. The fourth-order valence-electron chi connectivity index (χ4n) is 2.83. The molecule has 0 amide bonds. The van der Waals surface area contributed by atoms with Crippen LogP contribution in [0.5, 0.6) is 0 Å². The number of benzene rings is 1. The minimum Gasteiger partial charge on any atom is -0.358 e. The average Bonchev–Trinajstić information content (AvgIpc) is 2.64. The second-order valence-corrected chi connectivity index (χ2v) is 4.74. The fourth-order valence-corrected chi connectivity index (χ4v) is 2.83. The predicted molar refractivity (Wildman–Crippen MR) is 64.4 cm³/mol. The standard InChI is InChI=1S/C14H17N/c1-9-7-8-10(2)14-13(9)11-5-3-4-6-12(11)15-14/h7-8,15H,3-6H2,1-2H3. The van der Waals surface area contributed by atoms with Crippen molar-refractivity contribution in [3.8, 4) is 0 Å². The quantitative estimate of drug-likeness (QED) is 0.666. The number of aromatic amines is 1. The monoisotopic (exact) mass is 199 g/mol. The van der Waals surface area contributed by atoms with Gasteiger partial charge in [0.25, 0.3) is 0 Å². The largest absolute Gasteiger partial charge is 0.358 e. The number of aryl methyl sites for hydroxylation is 4. The lowest BCUT2D eigenvalue weighted by atomic mass is 9.93. The average molecular weight is 199 g/mol. The van der Waals surface area contributed by atoms with E-state index < -0.39 is 0 Å². The van der Waals surface area contributed by atoms with Gasteiger partial charge in [0, 0.05) is 16.6 Å². The van der Waals surface area contributed by atoms with Crippen LogP contribution in [-0.2, 0) is 12.8 Å². The summed E-state index contributed by atoms with van der Waals surface area (Å²) in [5.41, 5.74) is 7.27. The molecular weight excluding hydrogens is 182 g/mol. The highest BCUT2D eigenvalue weighted by molar-refractivity contribution is 5.90. The summed E-state index contributed by atoms with van der Waals surface area (Å²) in [5.74, 6) is 0. The Morgan fingerprint density at radius 2 is 1.73 bits per heavy atom. The molecule has 1 aliphatic carbocycles. The topological polar surface area (TPSA) is 15.8 Å². The van der Waals surface area contributed by atoms with Crippen LogP contribution in [0, 0.1) is 13.8 Å². The molecule has 1 aromatic carbocycles. The Labute approximate surface area is 90.5 Å². The third-order valence-corrected chi connectivity index (χ3v) is 3.67. The van der Waals surface area contributed by atoms with E-state index in [1.807, 2.05) is 0 Å². The van der Waals surface area contributed by atoms with Gasteiger partial charge in [-0.3, -0.25) is 0 Å². The summed E-state index contributed by atoms with van der Waals surface area (Å²) < 4.78 is 0. The number of nitrogens with one attached hydrogen (secondary N) is 1. The Bertz CT molecular complexity index is 520. The van der Waals surface area contributed by atoms with Crippen molar-refractivity contribution in [1.29, 1.82) is 0 Å². The summed E-state index contributed by atoms with van der Waals surface area (Å²) in [4.78, 5) is 3.63. The van der Waals surface area contributed by atoms with Gasteiger partial charge in [-0.1, -0.05) is 12.1 Å². The molecule has 3 rings (SSSR count). The summed E-state index contributed by atoms with van der Waals surface area (Å²) in [5, 5.41) is 1.50. The van der Waals surface area contributed by atoms with Crippen LogP contribution in [0.2, 0.25) is 0 Å². The van der Waals surface area contributed by atoms with Crippen LogP contribution in [0.15, 0.2) is 12.1 Å². The van der Waals surface area contributed by atoms with E-state index in [4.69, 9.17) is 0 Å². The van der Waals surface area contributed by atoms with Crippen LogP contribution >= 0.6 is 0 Å². The highest BCUT2D eigenvalue weighted by Gasteiger charge is 2.17. The van der Waals surface area contributed by atoms with Gasteiger partial charge < -0.3 is 4.98 Å². The van der Waals surface area contributed by atoms with Gasteiger partial charge in [-0.05, 0) is 56.2 Å². The molecule has 0 radical (unpaired) electrons. The molecule has 1 nitrogen and oxygen atoms in total. The van der Waals surface area contributed by atoms with Crippen molar-refractivity contribution in [1.82, 2.24) is 4.98 Å². The molecule has 15 heavy (non-hydrogen) atoms. The predicted octanol–water partition coefficient (Wildman–Crippen LogP) is 3.66.